The lowest BCUT2D eigenvalue weighted by atomic mass is 9.82. The minimum absolute atomic E-state index is 0.0693. The molecule has 1 aliphatic rings. The molecule has 5 heteroatoms. The van der Waals surface area contributed by atoms with Gasteiger partial charge in [-0.15, -0.1) is 0 Å². The fraction of sp³-hybridized carbons (Fsp3) is 0.0577. The first-order valence-electron chi connectivity index (χ1n) is 19.3. The molecule has 0 saturated heterocycles. The summed E-state index contributed by atoms with van der Waals surface area (Å²) in [6, 6.07) is 59.8. The molecule has 3 aromatic heterocycles. The zero-order valence-corrected chi connectivity index (χ0v) is 31.3. The summed E-state index contributed by atoms with van der Waals surface area (Å²) >= 11 is 0. The smallest absolute Gasteiger partial charge is 0.227 e. The highest BCUT2D eigenvalue weighted by atomic mass is 16.4. The molecule has 3 heterocycles. The largest absolute Gasteiger partial charge is 0.456 e. The van der Waals surface area contributed by atoms with Crippen molar-refractivity contribution in [1.29, 1.82) is 0 Å². The Morgan fingerprint density at radius 3 is 1.95 bits per heavy atom. The molecule has 0 saturated carbocycles. The molecule has 0 aliphatic heterocycles. The van der Waals surface area contributed by atoms with E-state index in [0.717, 1.165) is 83.1 Å². The standard InChI is InChI=1S/C52H34N2O3/c1-52(2)43-14-8-6-12-37(43)40-27-35(21-24-44(40)52)54(36-22-25-47-41(28-36)38-13-7-9-15-46(38)55-47)34-19-16-31(17-20-34)33-18-23-39-42-29-45-50(30-49(42)56-48(39)26-33)57-51(53-45)32-10-4-3-5-11-32/h3-30H,1-2H3. The Morgan fingerprint density at radius 1 is 0.404 bits per heavy atom. The minimum Gasteiger partial charge on any atom is -0.456 e. The van der Waals surface area contributed by atoms with E-state index in [1.807, 2.05) is 48.5 Å². The first-order valence-corrected chi connectivity index (χ1v) is 19.3. The molecule has 270 valence electrons. The second-order valence-electron chi connectivity index (χ2n) is 15.6. The summed E-state index contributed by atoms with van der Waals surface area (Å²) in [6.07, 6.45) is 0. The van der Waals surface area contributed by atoms with Crippen LogP contribution in [0, 0.1) is 0 Å². The van der Waals surface area contributed by atoms with E-state index in [0.29, 0.717) is 11.5 Å². The van der Waals surface area contributed by atoms with Gasteiger partial charge in [-0.3, -0.25) is 0 Å². The number of rotatable bonds is 5. The van der Waals surface area contributed by atoms with Gasteiger partial charge in [0.1, 0.15) is 27.8 Å². The van der Waals surface area contributed by atoms with Gasteiger partial charge in [-0.25, -0.2) is 4.98 Å². The third kappa shape index (κ3) is 4.85. The van der Waals surface area contributed by atoms with Crippen molar-refractivity contribution in [3.05, 3.63) is 181 Å². The molecule has 12 rings (SSSR count). The summed E-state index contributed by atoms with van der Waals surface area (Å²) in [5.41, 5.74) is 16.5. The first-order chi connectivity index (χ1) is 28.0. The number of benzene rings is 8. The molecule has 0 unspecified atom stereocenters. The molecule has 0 radical (unpaired) electrons. The van der Waals surface area contributed by atoms with E-state index in [1.54, 1.807) is 0 Å². The summed E-state index contributed by atoms with van der Waals surface area (Å²) in [7, 11) is 0. The fourth-order valence-corrected chi connectivity index (χ4v) is 9.03. The van der Waals surface area contributed by atoms with Crippen LogP contribution in [0.2, 0.25) is 0 Å². The van der Waals surface area contributed by atoms with Crippen molar-refractivity contribution < 1.29 is 13.3 Å². The predicted octanol–water partition coefficient (Wildman–Crippen LogP) is 14.7. The summed E-state index contributed by atoms with van der Waals surface area (Å²) in [4.78, 5) is 7.15. The summed E-state index contributed by atoms with van der Waals surface area (Å²) in [5.74, 6) is 0.604. The van der Waals surface area contributed by atoms with Crippen LogP contribution in [0.5, 0.6) is 0 Å². The maximum Gasteiger partial charge on any atom is 0.227 e. The fourth-order valence-electron chi connectivity index (χ4n) is 9.03. The Labute approximate surface area is 328 Å². The molecule has 0 bridgehead atoms. The molecule has 1 aliphatic carbocycles. The number of fused-ring (bicyclic) bond motifs is 10. The predicted molar refractivity (Wildman–Crippen MR) is 232 cm³/mol. The Balaban J connectivity index is 0.947. The van der Waals surface area contributed by atoms with Crippen molar-refractivity contribution in [2.45, 2.75) is 19.3 Å². The highest BCUT2D eigenvalue weighted by Crippen LogP contribution is 2.51. The molecule has 0 atom stereocenters. The van der Waals surface area contributed by atoms with Gasteiger partial charge in [-0.05, 0) is 112 Å². The van der Waals surface area contributed by atoms with Crippen LogP contribution in [0.15, 0.2) is 183 Å². The molecule has 57 heavy (non-hydrogen) atoms. The third-order valence-corrected chi connectivity index (χ3v) is 11.9. The lowest BCUT2D eigenvalue weighted by Crippen LogP contribution is -2.15. The molecule has 0 amide bonds. The number of anilines is 3. The highest BCUT2D eigenvalue weighted by molar-refractivity contribution is 6.10. The SMILES string of the molecule is CC1(C)c2ccccc2-c2cc(N(c3ccc(-c4ccc5c(c4)oc4cc6oc(-c7ccccc7)nc6cc45)cc3)c3ccc4oc5ccccc5c4c3)ccc21. The molecular weight excluding hydrogens is 701 g/mol. The average molecular weight is 735 g/mol. The first kappa shape index (κ1) is 31.9. The van der Waals surface area contributed by atoms with Gasteiger partial charge < -0.3 is 18.2 Å². The molecule has 8 aromatic carbocycles. The number of hydrogen-bond acceptors (Lipinski definition) is 5. The summed E-state index contributed by atoms with van der Waals surface area (Å²) in [5, 5.41) is 4.27. The number of hydrogen-bond donors (Lipinski definition) is 0. The number of nitrogens with zero attached hydrogens (tertiary/aromatic N) is 2. The highest BCUT2D eigenvalue weighted by Gasteiger charge is 2.35. The quantitative estimate of drug-likeness (QED) is 0.176. The summed E-state index contributed by atoms with van der Waals surface area (Å²) < 4.78 is 18.8. The van der Waals surface area contributed by atoms with E-state index >= 15 is 0 Å². The maximum atomic E-state index is 6.45. The van der Waals surface area contributed by atoms with Gasteiger partial charge >= 0.3 is 0 Å². The number of para-hydroxylation sites is 1. The van der Waals surface area contributed by atoms with Crippen LogP contribution in [0.4, 0.5) is 17.1 Å². The van der Waals surface area contributed by atoms with E-state index in [9.17, 15) is 0 Å². The van der Waals surface area contributed by atoms with Crippen molar-refractivity contribution in [2.24, 2.45) is 0 Å². The molecule has 5 nitrogen and oxygen atoms in total. The van der Waals surface area contributed by atoms with Gasteiger partial charge in [0.2, 0.25) is 5.89 Å². The van der Waals surface area contributed by atoms with Crippen LogP contribution in [0.3, 0.4) is 0 Å². The van der Waals surface area contributed by atoms with Gasteiger partial charge in [0.05, 0.1) is 0 Å². The van der Waals surface area contributed by atoms with Crippen LogP contribution in [-0.2, 0) is 5.41 Å². The Morgan fingerprint density at radius 2 is 1.05 bits per heavy atom. The van der Waals surface area contributed by atoms with Crippen LogP contribution in [0.25, 0.3) is 88.7 Å². The summed E-state index contributed by atoms with van der Waals surface area (Å²) in [6.45, 7) is 4.65. The number of aromatic nitrogens is 1. The zero-order valence-electron chi connectivity index (χ0n) is 31.3. The second kappa shape index (κ2) is 11.8. The minimum atomic E-state index is -0.0693. The van der Waals surface area contributed by atoms with Crippen LogP contribution >= 0.6 is 0 Å². The van der Waals surface area contributed by atoms with E-state index in [-0.39, 0.29) is 5.41 Å². The number of oxazole rings is 1. The van der Waals surface area contributed by atoms with Crippen molar-refractivity contribution >= 4 is 72.0 Å². The topological polar surface area (TPSA) is 55.6 Å². The van der Waals surface area contributed by atoms with Crippen molar-refractivity contribution in [3.63, 3.8) is 0 Å². The Bertz CT molecular complexity index is 3380. The lowest BCUT2D eigenvalue weighted by Gasteiger charge is -2.27. The van der Waals surface area contributed by atoms with Crippen molar-refractivity contribution in [1.82, 2.24) is 4.98 Å². The number of furan rings is 2. The van der Waals surface area contributed by atoms with Crippen LogP contribution in [-0.4, -0.2) is 4.98 Å². The average Bonchev–Trinajstić information content (AvgIpc) is 4.00. The van der Waals surface area contributed by atoms with Crippen LogP contribution in [0.1, 0.15) is 25.0 Å². The Hall–Kier alpha value is -7.37. The van der Waals surface area contributed by atoms with E-state index in [1.165, 1.54) is 22.3 Å². The Kier molecular flexibility index (Phi) is 6.62. The molecular formula is C52H34N2O3. The molecule has 0 spiro atoms. The van der Waals surface area contributed by atoms with Gasteiger partial charge in [-0.1, -0.05) is 98.8 Å². The normalized spacial score (nSPS) is 13.2. The van der Waals surface area contributed by atoms with E-state index < -0.39 is 0 Å². The lowest BCUT2D eigenvalue weighted by molar-refractivity contribution is 0.617. The maximum absolute atomic E-state index is 6.45. The van der Waals surface area contributed by atoms with Crippen molar-refractivity contribution in [3.8, 4) is 33.7 Å². The van der Waals surface area contributed by atoms with Crippen LogP contribution < -0.4 is 4.90 Å². The second-order valence-corrected chi connectivity index (χ2v) is 15.6. The van der Waals surface area contributed by atoms with Gasteiger partial charge in [0.25, 0.3) is 0 Å². The monoisotopic (exact) mass is 734 g/mol. The van der Waals surface area contributed by atoms with Gasteiger partial charge in [0.15, 0.2) is 5.58 Å². The zero-order chi connectivity index (χ0) is 37.8. The third-order valence-electron chi connectivity index (χ3n) is 11.9. The van der Waals surface area contributed by atoms with Crippen molar-refractivity contribution in [2.75, 3.05) is 4.90 Å². The van der Waals surface area contributed by atoms with E-state index in [4.69, 9.17) is 18.2 Å². The molecule has 0 N–H and O–H groups in total. The molecule has 0 fully saturated rings. The van der Waals surface area contributed by atoms with E-state index in [2.05, 4.69) is 140 Å². The molecule has 11 aromatic rings. The van der Waals surface area contributed by atoms with Gasteiger partial charge in [-0.2, -0.15) is 0 Å². The van der Waals surface area contributed by atoms with Gasteiger partial charge in [0, 0.05) is 55.7 Å².